The smallest absolute Gasteiger partial charge is 0.149 e. The lowest BCUT2D eigenvalue weighted by molar-refractivity contribution is 0.472. The summed E-state index contributed by atoms with van der Waals surface area (Å²) in [7, 11) is 0. The van der Waals surface area contributed by atoms with Crippen LogP contribution in [-0.4, -0.2) is 19.6 Å². The average Bonchev–Trinajstić information content (AvgIpc) is 3.73. The highest BCUT2D eigenvalue weighted by Crippen LogP contribution is 2.44. The lowest BCUT2D eigenvalue weighted by atomic mass is 9.83. The monoisotopic (exact) mass is 846 g/mol. The highest BCUT2D eigenvalue weighted by molar-refractivity contribution is 5.98. The number of aromatic nitrogens is 3. The highest BCUT2D eigenvalue weighted by Gasteiger charge is 2.25. The topological polar surface area (TPSA) is 50.9 Å². The van der Waals surface area contributed by atoms with Crippen LogP contribution in [-0.2, 0) is 10.8 Å². The minimum atomic E-state index is -2.85. The van der Waals surface area contributed by atoms with Gasteiger partial charge in [0.05, 0.1) is 33.5 Å². The van der Waals surface area contributed by atoms with Crippen LogP contribution in [0.1, 0.15) is 88.6 Å². The van der Waals surface area contributed by atoms with Crippen LogP contribution >= 0.6 is 0 Å². The molecule has 0 saturated heterocycles. The number of para-hydroxylation sites is 1. The second-order valence-corrected chi connectivity index (χ2v) is 18.8. The van der Waals surface area contributed by atoms with E-state index < -0.39 is 43.4 Å². The number of aryl methyl sites for hydroxylation is 3. The van der Waals surface area contributed by atoms with Crippen molar-refractivity contribution < 1.29 is 18.8 Å². The van der Waals surface area contributed by atoms with Crippen molar-refractivity contribution in [2.45, 2.75) is 79.9 Å². The molecule has 0 fully saturated rings. The number of nitrogens with zero attached hydrogens (tertiary/aromatic N) is 3. The van der Waals surface area contributed by atoms with E-state index in [1.54, 1.807) is 18.2 Å². The molecule has 0 aliphatic carbocycles. The van der Waals surface area contributed by atoms with Crippen LogP contribution in [0.4, 0.5) is 0 Å². The number of phenols is 1. The molecule has 9 rings (SSSR count). The standard InChI is InChI=1S/C60H57N3O/c1-37-19-21-41(22-20-37)44-27-28-61-53(35-44)46-32-45(33-48(34-46)60(8,9)10)49-17-14-18-54-56(49)62-58(52-30-38(2)29-40(4)57(52)64)63(54)55-31-39(3)50(42-15-12-11-13-16-42)36-51(55)43-23-25-47(26-24-43)59(5,6)7/h11-36,64H,1-10H3/i1D3,3D3,19D,20D,21D,22D. The molecule has 318 valence electrons. The number of fused-ring (bicyclic) bond motifs is 1. The predicted octanol–water partition coefficient (Wildman–Crippen LogP) is 16.0. The SMILES string of the molecule is [2H]c1c([2H])c(C([2H])([2H])[2H])c([2H])c([2H])c1-c1ccnc(-c2cc(-c3cccc4c3nc(-c3cc(C)cc(C)c3O)n4-c3cc(C([2H])([2H])[2H])c(-c4ccccc4)cc3-c3ccc(C(C)(C)C)cc3)cc(C(C)(C)C)c2)c1. The van der Waals surface area contributed by atoms with E-state index >= 15 is 0 Å². The quantitative estimate of drug-likeness (QED) is 0.174. The minimum Gasteiger partial charge on any atom is -0.507 e. The Morgan fingerprint density at radius 2 is 1.25 bits per heavy atom. The molecule has 0 saturated carbocycles. The Balaban J connectivity index is 1.34. The molecule has 0 unspecified atom stereocenters. The van der Waals surface area contributed by atoms with Gasteiger partial charge in [-0.25, -0.2) is 4.98 Å². The van der Waals surface area contributed by atoms with Gasteiger partial charge in [-0.2, -0.15) is 0 Å². The number of rotatable bonds is 7. The Kier molecular flexibility index (Phi) is 8.06. The van der Waals surface area contributed by atoms with E-state index in [0.29, 0.717) is 56.1 Å². The molecule has 0 atom stereocenters. The maximum atomic E-state index is 12.0. The van der Waals surface area contributed by atoms with Crippen LogP contribution in [0.5, 0.6) is 5.75 Å². The van der Waals surface area contributed by atoms with Gasteiger partial charge in [0.1, 0.15) is 11.6 Å². The Morgan fingerprint density at radius 1 is 0.531 bits per heavy atom. The first-order chi connectivity index (χ1) is 34.6. The molecule has 2 heterocycles. The van der Waals surface area contributed by atoms with E-state index in [1.165, 1.54) is 6.20 Å². The van der Waals surface area contributed by atoms with E-state index in [1.807, 2.05) is 97.3 Å². The van der Waals surface area contributed by atoms with Crippen LogP contribution in [0.2, 0.25) is 0 Å². The number of imidazole rings is 1. The first-order valence-corrected chi connectivity index (χ1v) is 21.5. The molecule has 1 N–H and O–H groups in total. The van der Waals surface area contributed by atoms with Crippen molar-refractivity contribution in [3.8, 4) is 78.6 Å². The number of hydrogen-bond donors (Lipinski definition) is 1. The summed E-state index contributed by atoms with van der Waals surface area (Å²) >= 11 is 0. The van der Waals surface area contributed by atoms with Crippen LogP contribution in [0, 0.1) is 27.6 Å². The maximum Gasteiger partial charge on any atom is 0.149 e. The number of aromatic hydroxyl groups is 1. The van der Waals surface area contributed by atoms with Crippen molar-refractivity contribution in [1.29, 1.82) is 0 Å². The largest absolute Gasteiger partial charge is 0.507 e. The first kappa shape index (κ1) is 31.7. The minimum absolute atomic E-state index is 0.0377. The summed E-state index contributed by atoms with van der Waals surface area (Å²) < 4.78 is 87.6. The van der Waals surface area contributed by atoms with Crippen molar-refractivity contribution in [2.24, 2.45) is 0 Å². The lowest BCUT2D eigenvalue weighted by Gasteiger charge is -2.22. The Morgan fingerprint density at radius 3 is 1.95 bits per heavy atom. The van der Waals surface area contributed by atoms with E-state index in [0.717, 1.165) is 44.5 Å². The van der Waals surface area contributed by atoms with E-state index in [-0.39, 0.29) is 27.7 Å². The second kappa shape index (κ2) is 16.3. The Bertz CT molecular complexity index is 3640. The molecule has 64 heavy (non-hydrogen) atoms. The fraction of sp³-hybridized carbons (Fsp3) is 0.200. The van der Waals surface area contributed by atoms with E-state index in [4.69, 9.17) is 23.7 Å². The summed E-state index contributed by atoms with van der Waals surface area (Å²) in [5.41, 5.74) is 10.8. The summed E-state index contributed by atoms with van der Waals surface area (Å²) in [5.74, 6) is 0.443. The highest BCUT2D eigenvalue weighted by atomic mass is 16.3. The summed E-state index contributed by atoms with van der Waals surface area (Å²) in [6.07, 6.45) is 1.54. The summed E-state index contributed by atoms with van der Waals surface area (Å²) in [6, 6.07) is 38.5. The molecule has 4 nitrogen and oxygen atoms in total. The van der Waals surface area contributed by atoms with E-state index in [9.17, 15) is 5.11 Å². The zero-order valence-corrected chi connectivity index (χ0v) is 37.5. The Hall–Kier alpha value is -7.04. The van der Waals surface area contributed by atoms with Crippen LogP contribution in [0.3, 0.4) is 0 Å². The van der Waals surface area contributed by atoms with Gasteiger partial charge >= 0.3 is 0 Å². The van der Waals surface area contributed by atoms with Crippen molar-refractivity contribution in [1.82, 2.24) is 14.5 Å². The van der Waals surface area contributed by atoms with Gasteiger partial charge < -0.3 is 5.11 Å². The van der Waals surface area contributed by atoms with Crippen LogP contribution < -0.4 is 0 Å². The van der Waals surface area contributed by atoms with Crippen molar-refractivity contribution in [3.05, 3.63) is 191 Å². The van der Waals surface area contributed by atoms with Gasteiger partial charge in [-0.1, -0.05) is 150 Å². The van der Waals surface area contributed by atoms with Gasteiger partial charge in [-0.15, -0.1) is 0 Å². The number of phenolic OH excluding ortho intramolecular Hbond substituents is 1. The van der Waals surface area contributed by atoms with Gasteiger partial charge in [0, 0.05) is 31.1 Å². The number of pyridine rings is 1. The number of hydrogen-bond acceptors (Lipinski definition) is 3. The summed E-state index contributed by atoms with van der Waals surface area (Å²) in [4.78, 5) is 10.2. The molecule has 0 bridgehead atoms. The average molecular weight is 846 g/mol. The molecule has 0 aliphatic heterocycles. The van der Waals surface area contributed by atoms with Crippen molar-refractivity contribution >= 4 is 11.0 Å². The van der Waals surface area contributed by atoms with Crippen LogP contribution in [0.15, 0.2) is 158 Å². The third-order valence-electron chi connectivity index (χ3n) is 12.0. The zero-order chi connectivity index (χ0) is 53.6. The third kappa shape index (κ3) is 8.05. The molecule has 0 aliphatic rings. The number of benzene rings is 7. The van der Waals surface area contributed by atoms with Gasteiger partial charge in [0.2, 0.25) is 0 Å². The first-order valence-electron chi connectivity index (χ1n) is 26.5. The fourth-order valence-electron chi connectivity index (χ4n) is 8.46. The van der Waals surface area contributed by atoms with Gasteiger partial charge in [0.15, 0.2) is 0 Å². The zero-order valence-electron chi connectivity index (χ0n) is 47.5. The van der Waals surface area contributed by atoms with Crippen LogP contribution in [0.25, 0.3) is 83.9 Å². The predicted molar refractivity (Wildman–Crippen MR) is 269 cm³/mol. The van der Waals surface area contributed by atoms with Crippen molar-refractivity contribution in [2.75, 3.05) is 0 Å². The maximum absolute atomic E-state index is 12.0. The molecule has 7 aromatic carbocycles. The van der Waals surface area contributed by atoms with Crippen molar-refractivity contribution in [3.63, 3.8) is 0 Å². The molecule has 4 heteroatoms. The van der Waals surface area contributed by atoms with Gasteiger partial charge in [-0.05, 0) is 148 Å². The van der Waals surface area contributed by atoms with Gasteiger partial charge in [-0.3, -0.25) is 9.55 Å². The molecular weight excluding hydrogens is 779 g/mol. The van der Waals surface area contributed by atoms with E-state index in [2.05, 4.69) is 71.9 Å². The normalized spacial score (nSPS) is 14.6. The van der Waals surface area contributed by atoms with Gasteiger partial charge in [0.25, 0.3) is 0 Å². The molecule has 0 amide bonds. The third-order valence-corrected chi connectivity index (χ3v) is 12.0. The molecule has 9 aromatic rings. The second-order valence-electron chi connectivity index (χ2n) is 18.8. The summed E-state index contributed by atoms with van der Waals surface area (Å²) in [6.45, 7) is 11.2. The molecular formula is C60H57N3O. The molecule has 2 aromatic heterocycles. The Labute approximate surface area is 393 Å². The fourth-order valence-corrected chi connectivity index (χ4v) is 8.46. The summed E-state index contributed by atoms with van der Waals surface area (Å²) in [5, 5.41) is 12.0. The molecule has 0 spiro atoms. The lowest BCUT2D eigenvalue weighted by Crippen LogP contribution is -2.11. The molecule has 0 radical (unpaired) electrons.